The molecule has 208 valence electrons. The number of carbonyl (C=O) groups is 2. The lowest BCUT2D eigenvalue weighted by molar-refractivity contribution is -0.123. The second kappa shape index (κ2) is 11.7. The SMILES string of the molecule is O=C(COc1ccc2[nH]c(C(=O)N/N=C/c3ccc4c(c3)OCCO4)cc2c1)N/N=C/c1ccc2c(c1)OCCO2. The van der Waals surface area contributed by atoms with Crippen LogP contribution in [-0.4, -0.2) is 62.3 Å². The van der Waals surface area contributed by atoms with Crippen molar-refractivity contribution in [2.24, 2.45) is 10.2 Å². The van der Waals surface area contributed by atoms with Gasteiger partial charge in [0.15, 0.2) is 29.6 Å². The van der Waals surface area contributed by atoms with E-state index in [2.05, 4.69) is 26.0 Å². The van der Waals surface area contributed by atoms with Crippen molar-refractivity contribution >= 4 is 35.1 Å². The molecule has 0 fully saturated rings. The van der Waals surface area contributed by atoms with Gasteiger partial charge in [0.2, 0.25) is 0 Å². The van der Waals surface area contributed by atoms with Crippen molar-refractivity contribution in [2.45, 2.75) is 0 Å². The fourth-order valence-electron chi connectivity index (χ4n) is 4.19. The van der Waals surface area contributed by atoms with Gasteiger partial charge in [0, 0.05) is 10.9 Å². The van der Waals surface area contributed by atoms with Crippen LogP contribution in [0.4, 0.5) is 0 Å². The molecule has 0 atom stereocenters. The first-order chi connectivity index (χ1) is 20.1. The van der Waals surface area contributed by atoms with Crippen LogP contribution in [0, 0.1) is 0 Å². The standard InChI is InChI=1S/C29H25N5O7/c35-28(33-30-15-18-1-5-24-26(11-18)39-9-7-37-24)17-41-21-3-4-22-20(13-21)14-23(32-22)29(36)34-31-16-19-2-6-25-27(12-19)40-10-8-38-25/h1-6,11-16,32H,7-10,17H2,(H,33,35)(H,34,36)/b30-15+,31-16+. The fraction of sp³-hybridized carbons (Fsp3) is 0.172. The van der Waals surface area contributed by atoms with Crippen LogP contribution in [0.15, 0.2) is 70.9 Å². The second-order valence-corrected chi connectivity index (χ2v) is 9.02. The van der Waals surface area contributed by atoms with Gasteiger partial charge in [-0.2, -0.15) is 10.2 Å². The average Bonchev–Trinajstić information content (AvgIpc) is 3.44. The third-order valence-corrected chi connectivity index (χ3v) is 6.12. The number of hydrogen-bond donors (Lipinski definition) is 3. The highest BCUT2D eigenvalue weighted by Crippen LogP contribution is 2.31. The highest BCUT2D eigenvalue weighted by molar-refractivity contribution is 5.98. The second-order valence-electron chi connectivity index (χ2n) is 9.02. The minimum atomic E-state index is -0.427. The molecule has 4 aromatic rings. The summed E-state index contributed by atoms with van der Waals surface area (Å²) >= 11 is 0. The van der Waals surface area contributed by atoms with Gasteiger partial charge in [-0.25, -0.2) is 10.9 Å². The van der Waals surface area contributed by atoms with E-state index < -0.39 is 11.8 Å². The van der Waals surface area contributed by atoms with Gasteiger partial charge in [0.25, 0.3) is 11.8 Å². The summed E-state index contributed by atoms with van der Waals surface area (Å²) in [6.45, 7) is 1.77. The lowest BCUT2D eigenvalue weighted by atomic mass is 10.2. The fourth-order valence-corrected chi connectivity index (χ4v) is 4.19. The maximum Gasteiger partial charge on any atom is 0.287 e. The van der Waals surface area contributed by atoms with E-state index in [9.17, 15) is 9.59 Å². The summed E-state index contributed by atoms with van der Waals surface area (Å²) in [5, 5.41) is 8.73. The van der Waals surface area contributed by atoms with Crippen molar-refractivity contribution in [3.05, 3.63) is 77.5 Å². The van der Waals surface area contributed by atoms with Crippen LogP contribution >= 0.6 is 0 Å². The first-order valence-electron chi connectivity index (χ1n) is 12.8. The molecule has 3 aromatic carbocycles. The van der Waals surface area contributed by atoms with Crippen molar-refractivity contribution < 1.29 is 33.3 Å². The van der Waals surface area contributed by atoms with Crippen LogP contribution in [-0.2, 0) is 4.79 Å². The van der Waals surface area contributed by atoms with E-state index in [1.54, 1.807) is 48.5 Å². The van der Waals surface area contributed by atoms with E-state index in [4.69, 9.17) is 23.7 Å². The minimum Gasteiger partial charge on any atom is -0.486 e. The van der Waals surface area contributed by atoms with Crippen LogP contribution in [0.25, 0.3) is 10.9 Å². The smallest absolute Gasteiger partial charge is 0.287 e. The zero-order chi connectivity index (χ0) is 28.0. The number of rotatable bonds is 8. The molecule has 0 bridgehead atoms. The number of ether oxygens (including phenoxy) is 5. The van der Waals surface area contributed by atoms with Crippen LogP contribution < -0.4 is 34.5 Å². The summed E-state index contributed by atoms with van der Waals surface area (Å²) < 4.78 is 27.7. The van der Waals surface area contributed by atoms with Crippen LogP contribution in [0.5, 0.6) is 28.7 Å². The molecule has 2 aliphatic heterocycles. The van der Waals surface area contributed by atoms with E-state index in [0.29, 0.717) is 60.9 Å². The molecule has 1 aromatic heterocycles. The topological polar surface area (TPSA) is 145 Å². The van der Waals surface area contributed by atoms with Crippen molar-refractivity contribution in [1.82, 2.24) is 15.8 Å². The van der Waals surface area contributed by atoms with Crippen LogP contribution in [0.2, 0.25) is 0 Å². The molecule has 2 amide bonds. The van der Waals surface area contributed by atoms with Gasteiger partial charge in [0.05, 0.1) is 12.4 Å². The molecule has 3 N–H and O–H groups in total. The molecule has 0 saturated carbocycles. The Morgan fingerprint density at radius 3 is 2.02 bits per heavy atom. The summed E-state index contributed by atoms with van der Waals surface area (Å²) in [7, 11) is 0. The Balaban J connectivity index is 1.00. The lowest BCUT2D eigenvalue weighted by Gasteiger charge is -2.18. The van der Waals surface area contributed by atoms with E-state index in [1.165, 1.54) is 12.4 Å². The predicted molar refractivity (Wildman–Crippen MR) is 149 cm³/mol. The highest BCUT2D eigenvalue weighted by atomic mass is 16.6. The maximum absolute atomic E-state index is 12.6. The van der Waals surface area contributed by atoms with Crippen LogP contribution in [0.1, 0.15) is 21.6 Å². The van der Waals surface area contributed by atoms with Gasteiger partial charge in [-0.1, -0.05) is 0 Å². The number of fused-ring (bicyclic) bond motifs is 3. The van der Waals surface area contributed by atoms with Gasteiger partial charge < -0.3 is 28.7 Å². The number of benzene rings is 3. The molecule has 12 nitrogen and oxygen atoms in total. The number of H-pyrrole nitrogens is 1. The summed E-state index contributed by atoms with van der Waals surface area (Å²) in [5.41, 5.74) is 7.50. The first kappa shape index (κ1) is 25.7. The van der Waals surface area contributed by atoms with E-state index in [0.717, 1.165) is 22.0 Å². The molecular formula is C29H25N5O7. The first-order valence-corrected chi connectivity index (χ1v) is 12.8. The zero-order valence-corrected chi connectivity index (χ0v) is 21.7. The molecule has 0 spiro atoms. The third kappa shape index (κ3) is 6.22. The largest absolute Gasteiger partial charge is 0.486 e. The number of nitrogens with zero attached hydrogens (tertiary/aromatic N) is 2. The Hall–Kier alpha value is -5.52. The molecule has 41 heavy (non-hydrogen) atoms. The number of hydrogen-bond acceptors (Lipinski definition) is 9. The predicted octanol–water partition coefficient (Wildman–Crippen LogP) is 3.00. The number of aromatic amines is 1. The van der Waals surface area contributed by atoms with E-state index in [1.807, 2.05) is 12.1 Å². The molecule has 0 aliphatic carbocycles. The number of nitrogens with one attached hydrogen (secondary N) is 3. The number of aromatic nitrogens is 1. The van der Waals surface area contributed by atoms with Gasteiger partial charge in [0.1, 0.15) is 37.9 Å². The molecular weight excluding hydrogens is 530 g/mol. The molecule has 0 unspecified atom stereocenters. The van der Waals surface area contributed by atoms with Crippen molar-refractivity contribution in [2.75, 3.05) is 33.0 Å². The Kier molecular flexibility index (Phi) is 7.34. The maximum atomic E-state index is 12.6. The molecule has 0 saturated heterocycles. The van der Waals surface area contributed by atoms with Crippen molar-refractivity contribution in [3.63, 3.8) is 0 Å². The summed E-state index contributed by atoms with van der Waals surface area (Å²) in [4.78, 5) is 27.8. The Morgan fingerprint density at radius 1 is 0.756 bits per heavy atom. The highest BCUT2D eigenvalue weighted by Gasteiger charge is 2.13. The summed E-state index contributed by atoms with van der Waals surface area (Å²) in [5.74, 6) is 2.27. The lowest BCUT2D eigenvalue weighted by Crippen LogP contribution is -2.24. The van der Waals surface area contributed by atoms with Gasteiger partial charge in [-0.15, -0.1) is 0 Å². The zero-order valence-electron chi connectivity index (χ0n) is 21.7. The molecule has 6 rings (SSSR count). The normalized spacial score (nSPS) is 13.9. The molecule has 12 heteroatoms. The number of hydrazone groups is 2. The van der Waals surface area contributed by atoms with Crippen LogP contribution in [0.3, 0.4) is 0 Å². The number of amides is 2. The van der Waals surface area contributed by atoms with Gasteiger partial charge in [-0.3, -0.25) is 9.59 Å². The minimum absolute atomic E-state index is 0.240. The van der Waals surface area contributed by atoms with E-state index in [-0.39, 0.29) is 6.61 Å². The molecule has 0 radical (unpaired) electrons. The molecule has 3 heterocycles. The summed E-state index contributed by atoms with van der Waals surface area (Å²) in [6, 6.07) is 17.7. The Morgan fingerprint density at radius 2 is 1.37 bits per heavy atom. The number of carbonyl (C=O) groups excluding carboxylic acids is 2. The van der Waals surface area contributed by atoms with Gasteiger partial charge in [-0.05, 0) is 71.8 Å². The Bertz CT molecular complexity index is 1660. The molecule has 2 aliphatic rings. The van der Waals surface area contributed by atoms with Crippen molar-refractivity contribution in [3.8, 4) is 28.7 Å². The summed E-state index contributed by atoms with van der Waals surface area (Å²) in [6.07, 6.45) is 3.03. The quantitative estimate of drug-likeness (QED) is 0.224. The third-order valence-electron chi connectivity index (χ3n) is 6.12. The monoisotopic (exact) mass is 555 g/mol. The van der Waals surface area contributed by atoms with Crippen molar-refractivity contribution in [1.29, 1.82) is 0 Å². The Labute approximate surface area is 233 Å². The van der Waals surface area contributed by atoms with E-state index >= 15 is 0 Å². The van der Waals surface area contributed by atoms with Gasteiger partial charge >= 0.3 is 0 Å². The average molecular weight is 556 g/mol.